The summed E-state index contributed by atoms with van der Waals surface area (Å²) in [4.78, 5) is 14.0. The molecule has 2 aromatic rings. The van der Waals surface area contributed by atoms with Crippen molar-refractivity contribution in [2.24, 2.45) is 0 Å². The van der Waals surface area contributed by atoms with Gasteiger partial charge >= 0.3 is 0 Å². The Morgan fingerprint density at radius 1 is 1.15 bits per heavy atom. The predicted octanol–water partition coefficient (Wildman–Crippen LogP) is 1.88. The molecule has 0 unspecified atom stereocenters. The van der Waals surface area contributed by atoms with Crippen molar-refractivity contribution in [1.82, 2.24) is 4.57 Å². The lowest BCUT2D eigenvalue weighted by molar-refractivity contribution is 0.610. The van der Waals surface area contributed by atoms with Crippen LogP contribution >= 0.6 is 0 Å². The molecule has 0 bridgehead atoms. The summed E-state index contributed by atoms with van der Waals surface area (Å²) < 4.78 is 1.75. The predicted molar refractivity (Wildman–Crippen MR) is 82.1 cm³/mol. The number of nitrogen functional groups attached to an aromatic ring is 1. The summed E-state index contributed by atoms with van der Waals surface area (Å²) in [6, 6.07) is 11.4. The number of pyridine rings is 1. The maximum Gasteiger partial charge on any atom is 0.250 e. The Hall–Kier alpha value is -2.23. The highest BCUT2D eigenvalue weighted by Crippen LogP contribution is 2.28. The van der Waals surface area contributed by atoms with Gasteiger partial charge in [0.1, 0.15) is 0 Å². The number of hydrogen-bond donors (Lipinski definition) is 1. The summed E-state index contributed by atoms with van der Waals surface area (Å²) in [6.07, 6.45) is 4.10. The van der Waals surface area contributed by atoms with Crippen molar-refractivity contribution in [3.8, 4) is 0 Å². The van der Waals surface area contributed by atoms with Crippen LogP contribution in [0.1, 0.15) is 12.0 Å². The number of fused-ring (bicyclic) bond motifs is 1. The first-order valence-electron chi connectivity index (χ1n) is 7.03. The Morgan fingerprint density at radius 2 is 2.05 bits per heavy atom. The van der Waals surface area contributed by atoms with Crippen LogP contribution in [-0.4, -0.2) is 17.7 Å². The van der Waals surface area contributed by atoms with E-state index in [1.807, 2.05) is 24.4 Å². The molecule has 0 aliphatic carbocycles. The lowest BCUT2D eigenvalue weighted by atomic mass is 10.0. The monoisotopic (exact) mass is 269 g/mol. The third kappa shape index (κ3) is 2.54. The molecule has 1 aliphatic rings. The van der Waals surface area contributed by atoms with E-state index < -0.39 is 0 Å². The summed E-state index contributed by atoms with van der Waals surface area (Å²) >= 11 is 0. The first kappa shape index (κ1) is 12.8. The Bertz CT molecular complexity index is 663. The SMILES string of the molecule is Nc1ccc2c(c1)N(CCn1ccccc1=O)CCC2. The van der Waals surface area contributed by atoms with Crippen LogP contribution in [0.15, 0.2) is 47.4 Å². The van der Waals surface area contributed by atoms with Crippen molar-refractivity contribution in [2.75, 3.05) is 23.7 Å². The summed E-state index contributed by atoms with van der Waals surface area (Å²) in [6.45, 7) is 2.56. The summed E-state index contributed by atoms with van der Waals surface area (Å²) in [5, 5.41) is 0. The minimum absolute atomic E-state index is 0.0531. The van der Waals surface area contributed by atoms with Crippen LogP contribution in [-0.2, 0) is 13.0 Å². The lowest BCUT2D eigenvalue weighted by Crippen LogP contribution is -2.34. The van der Waals surface area contributed by atoms with Crippen LogP contribution < -0.4 is 16.2 Å². The fourth-order valence-electron chi connectivity index (χ4n) is 2.77. The number of aryl methyl sites for hydroxylation is 1. The maximum atomic E-state index is 11.7. The number of anilines is 2. The molecule has 104 valence electrons. The molecule has 1 aromatic carbocycles. The normalized spacial score (nSPS) is 14.1. The van der Waals surface area contributed by atoms with E-state index in [1.54, 1.807) is 16.7 Å². The van der Waals surface area contributed by atoms with Crippen LogP contribution in [0.25, 0.3) is 0 Å². The van der Waals surface area contributed by atoms with Gasteiger partial charge < -0.3 is 15.2 Å². The molecule has 0 spiro atoms. The van der Waals surface area contributed by atoms with E-state index in [1.165, 1.54) is 11.3 Å². The van der Waals surface area contributed by atoms with E-state index in [9.17, 15) is 4.79 Å². The fourth-order valence-corrected chi connectivity index (χ4v) is 2.77. The topological polar surface area (TPSA) is 51.3 Å². The van der Waals surface area contributed by atoms with Gasteiger partial charge in [-0.25, -0.2) is 0 Å². The quantitative estimate of drug-likeness (QED) is 0.866. The molecule has 2 heterocycles. The molecule has 2 N–H and O–H groups in total. The minimum atomic E-state index is 0.0531. The number of nitrogens with two attached hydrogens (primary N) is 1. The van der Waals surface area contributed by atoms with Crippen LogP contribution in [0.3, 0.4) is 0 Å². The van der Waals surface area contributed by atoms with Gasteiger partial charge in [0.05, 0.1) is 0 Å². The summed E-state index contributed by atoms with van der Waals surface area (Å²) in [5.74, 6) is 0. The van der Waals surface area contributed by atoms with E-state index in [-0.39, 0.29) is 5.56 Å². The highest BCUT2D eigenvalue weighted by atomic mass is 16.1. The van der Waals surface area contributed by atoms with Crippen molar-refractivity contribution < 1.29 is 0 Å². The second kappa shape index (κ2) is 5.41. The van der Waals surface area contributed by atoms with Gasteiger partial charge in [0.15, 0.2) is 0 Å². The van der Waals surface area contributed by atoms with E-state index in [2.05, 4.69) is 11.0 Å². The van der Waals surface area contributed by atoms with Crippen LogP contribution in [0.5, 0.6) is 0 Å². The molecule has 0 radical (unpaired) electrons. The standard InChI is InChI=1S/C16H19N3O/c17-14-7-6-13-4-3-9-18(15(13)12-14)10-11-19-8-2-1-5-16(19)20/h1-2,5-8,12H,3-4,9-11,17H2. The van der Waals surface area contributed by atoms with Crippen molar-refractivity contribution in [2.45, 2.75) is 19.4 Å². The number of hydrogen-bond acceptors (Lipinski definition) is 3. The van der Waals surface area contributed by atoms with E-state index >= 15 is 0 Å². The van der Waals surface area contributed by atoms with Gasteiger partial charge in [-0.1, -0.05) is 12.1 Å². The molecule has 0 saturated carbocycles. The Morgan fingerprint density at radius 3 is 2.90 bits per heavy atom. The molecule has 0 saturated heterocycles. The van der Waals surface area contributed by atoms with Gasteiger partial charge in [-0.3, -0.25) is 4.79 Å². The third-order valence-electron chi connectivity index (χ3n) is 3.83. The number of benzene rings is 1. The van der Waals surface area contributed by atoms with Gasteiger partial charge in [0, 0.05) is 43.3 Å². The molecule has 20 heavy (non-hydrogen) atoms. The highest BCUT2D eigenvalue weighted by molar-refractivity contribution is 5.62. The van der Waals surface area contributed by atoms with Crippen molar-refractivity contribution in [3.05, 3.63) is 58.5 Å². The molecule has 0 fully saturated rings. The Labute approximate surface area is 118 Å². The zero-order valence-corrected chi connectivity index (χ0v) is 11.5. The average Bonchev–Trinajstić information content (AvgIpc) is 2.46. The number of aromatic nitrogens is 1. The maximum absolute atomic E-state index is 11.7. The van der Waals surface area contributed by atoms with E-state index in [0.29, 0.717) is 6.54 Å². The van der Waals surface area contributed by atoms with Gasteiger partial charge in [0.2, 0.25) is 0 Å². The molecule has 0 atom stereocenters. The van der Waals surface area contributed by atoms with Gasteiger partial charge in [-0.15, -0.1) is 0 Å². The molecule has 4 heteroatoms. The molecule has 1 aliphatic heterocycles. The van der Waals surface area contributed by atoms with E-state index in [0.717, 1.165) is 31.6 Å². The smallest absolute Gasteiger partial charge is 0.250 e. The first-order chi connectivity index (χ1) is 9.74. The van der Waals surface area contributed by atoms with Crippen LogP contribution in [0.2, 0.25) is 0 Å². The van der Waals surface area contributed by atoms with Crippen molar-refractivity contribution in [3.63, 3.8) is 0 Å². The average molecular weight is 269 g/mol. The Balaban J connectivity index is 1.78. The van der Waals surface area contributed by atoms with Gasteiger partial charge in [0.25, 0.3) is 5.56 Å². The zero-order valence-electron chi connectivity index (χ0n) is 11.5. The fraction of sp³-hybridized carbons (Fsp3) is 0.312. The van der Waals surface area contributed by atoms with Crippen molar-refractivity contribution >= 4 is 11.4 Å². The molecule has 3 rings (SSSR count). The lowest BCUT2D eigenvalue weighted by Gasteiger charge is -2.31. The molecule has 1 aromatic heterocycles. The minimum Gasteiger partial charge on any atom is -0.399 e. The molecular formula is C16H19N3O. The third-order valence-corrected chi connectivity index (χ3v) is 3.83. The Kier molecular flexibility index (Phi) is 3.46. The van der Waals surface area contributed by atoms with Gasteiger partial charge in [-0.2, -0.15) is 0 Å². The molecule has 4 nitrogen and oxygen atoms in total. The van der Waals surface area contributed by atoms with Crippen LogP contribution in [0.4, 0.5) is 11.4 Å². The first-order valence-corrected chi connectivity index (χ1v) is 7.03. The number of nitrogens with zero attached hydrogens (tertiary/aromatic N) is 2. The van der Waals surface area contributed by atoms with Crippen molar-refractivity contribution in [1.29, 1.82) is 0 Å². The van der Waals surface area contributed by atoms with E-state index in [4.69, 9.17) is 5.73 Å². The summed E-state index contributed by atoms with van der Waals surface area (Å²) in [5.41, 5.74) is 9.32. The second-order valence-electron chi connectivity index (χ2n) is 5.21. The molecular weight excluding hydrogens is 250 g/mol. The number of rotatable bonds is 3. The largest absolute Gasteiger partial charge is 0.399 e. The summed E-state index contributed by atoms with van der Waals surface area (Å²) in [7, 11) is 0. The van der Waals surface area contributed by atoms with Gasteiger partial charge in [-0.05, 0) is 36.6 Å². The zero-order chi connectivity index (χ0) is 13.9. The second-order valence-corrected chi connectivity index (χ2v) is 5.21. The molecule has 0 amide bonds. The van der Waals surface area contributed by atoms with Crippen LogP contribution in [0, 0.1) is 0 Å². The highest BCUT2D eigenvalue weighted by Gasteiger charge is 2.16.